The summed E-state index contributed by atoms with van der Waals surface area (Å²) in [6.45, 7) is 1.81. The van der Waals surface area contributed by atoms with Gasteiger partial charge in [0.1, 0.15) is 29.1 Å². The third-order valence-electron chi connectivity index (χ3n) is 4.28. The van der Waals surface area contributed by atoms with E-state index in [0.29, 0.717) is 34.7 Å². The maximum atomic E-state index is 13.0. The number of anilines is 6. The van der Waals surface area contributed by atoms with Crippen molar-refractivity contribution in [1.82, 2.24) is 15.0 Å². The SMILES string of the molecule is Cc1nc(Nc2ccc(NC(=O)Nc3ccc(F)cc3)cc2)cc(Nc2ccccn2)n1. The average Bonchev–Trinajstić information content (AvgIpc) is 2.77. The average molecular weight is 429 g/mol. The molecular weight excluding hydrogens is 409 g/mol. The number of nitrogens with zero attached hydrogens (tertiary/aromatic N) is 3. The lowest BCUT2D eigenvalue weighted by molar-refractivity contribution is 0.262. The van der Waals surface area contributed by atoms with Crippen LogP contribution in [0.5, 0.6) is 0 Å². The first kappa shape index (κ1) is 20.7. The van der Waals surface area contributed by atoms with E-state index in [1.54, 1.807) is 24.4 Å². The number of urea groups is 1. The van der Waals surface area contributed by atoms with E-state index in [-0.39, 0.29) is 5.82 Å². The second-order valence-electron chi connectivity index (χ2n) is 6.81. The van der Waals surface area contributed by atoms with Gasteiger partial charge in [0.15, 0.2) is 0 Å². The molecule has 8 nitrogen and oxygen atoms in total. The van der Waals surface area contributed by atoms with Crippen molar-refractivity contribution >= 4 is 40.5 Å². The van der Waals surface area contributed by atoms with Gasteiger partial charge in [-0.25, -0.2) is 24.1 Å². The van der Waals surface area contributed by atoms with Crippen LogP contribution in [0.4, 0.5) is 43.7 Å². The Morgan fingerprint density at radius 1 is 0.750 bits per heavy atom. The Balaban J connectivity index is 1.38. The normalized spacial score (nSPS) is 10.3. The summed E-state index contributed by atoms with van der Waals surface area (Å²) in [5.74, 6) is 2.16. The van der Waals surface area contributed by atoms with Crippen LogP contribution in [0.2, 0.25) is 0 Å². The van der Waals surface area contributed by atoms with E-state index in [1.807, 2.05) is 37.3 Å². The summed E-state index contributed by atoms with van der Waals surface area (Å²) in [4.78, 5) is 25.1. The Labute approximate surface area is 184 Å². The first-order valence-electron chi connectivity index (χ1n) is 9.78. The molecule has 0 fully saturated rings. The van der Waals surface area contributed by atoms with Crippen molar-refractivity contribution in [3.63, 3.8) is 0 Å². The molecule has 0 saturated carbocycles. The van der Waals surface area contributed by atoms with Crippen molar-refractivity contribution in [2.24, 2.45) is 0 Å². The van der Waals surface area contributed by atoms with Gasteiger partial charge in [-0.15, -0.1) is 0 Å². The molecule has 0 atom stereocenters. The summed E-state index contributed by atoms with van der Waals surface area (Å²) < 4.78 is 13.0. The molecule has 160 valence electrons. The first-order chi connectivity index (χ1) is 15.5. The van der Waals surface area contributed by atoms with Gasteiger partial charge in [0, 0.05) is 29.3 Å². The van der Waals surface area contributed by atoms with E-state index in [0.717, 1.165) is 5.69 Å². The van der Waals surface area contributed by atoms with Crippen LogP contribution in [0, 0.1) is 12.7 Å². The monoisotopic (exact) mass is 429 g/mol. The highest BCUT2D eigenvalue weighted by Crippen LogP contribution is 2.21. The molecule has 0 bridgehead atoms. The standard InChI is InChI=1S/C23H20FN7O/c1-15-26-21(14-22(27-15)31-20-4-2-3-13-25-20)28-17-9-11-19(12-10-17)30-23(32)29-18-7-5-16(24)6-8-18/h2-14H,1H3,(H2,29,30,32)(H2,25,26,27,28,31). The van der Waals surface area contributed by atoms with E-state index >= 15 is 0 Å². The number of aromatic nitrogens is 3. The zero-order valence-corrected chi connectivity index (χ0v) is 17.1. The second kappa shape index (κ2) is 9.52. The number of aryl methyl sites for hydroxylation is 1. The van der Waals surface area contributed by atoms with Crippen LogP contribution in [0.25, 0.3) is 0 Å². The number of halogens is 1. The Morgan fingerprint density at radius 3 is 1.97 bits per heavy atom. The zero-order chi connectivity index (χ0) is 22.3. The zero-order valence-electron chi connectivity index (χ0n) is 17.1. The van der Waals surface area contributed by atoms with Gasteiger partial charge in [0.25, 0.3) is 0 Å². The Morgan fingerprint density at radius 2 is 1.34 bits per heavy atom. The number of rotatable bonds is 6. The summed E-state index contributed by atoms with van der Waals surface area (Å²) in [6.07, 6.45) is 1.70. The van der Waals surface area contributed by atoms with Gasteiger partial charge in [-0.05, 0) is 67.6 Å². The molecule has 0 radical (unpaired) electrons. The van der Waals surface area contributed by atoms with Crippen LogP contribution >= 0.6 is 0 Å². The molecule has 0 unspecified atom stereocenters. The summed E-state index contributed by atoms with van der Waals surface area (Å²) in [5, 5.41) is 11.7. The van der Waals surface area contributed by atoms with Crippen LogP contribution in [0.3, 0.4) is 0 Å². The fourth-order valence-corrected chi connectivity index (χ4v) is 2.88. The third kappa shape index (κ3) is 5.76. The van der Waals surface area contributed by atoms with E-state index in [2.05, 4.69) is 36.2 Å². The topological polar surface area (TPSA) is 104 Å². The summed E-state index contributed by atoms with van der Waals surface area (Å²) in [6, 6.07) is 19.6. The van der Waals surface area contributed by atoms with Crippen molar-refractivity contribution in [1.29, 1.82) is 0 Å². The highest BCUT2D eigenvalue weighted by molar-refractivity contribution is 5.99. The Bertz CT molecular complexity index is 1200. The number of nitrogens with one attached hydrogen (secondary N) is 4. The minimum Gasteiger partial charge on any atom is -0.340 e. The van der Waals surface area contributed by atoms with E-state index in [4.69, 9.17) is 0 Å². The van der Waals surface area contributed by atoms with E-state index in [1.165, 1.54) is 24.3 Å². The largest absolute Gasteiger partial charge is 0.340 e. The molecule has 2 amide bonds. The van der Waals surface area contributed by atoms with Crippen LogP contribution in [-0.2, 0) is 0 Å². The van der Waals surface area contributed by atoms with Gasteiger partial charge >= 0.3 is 6.03 Å². The highest BCUT2D eigenvalue weighted by atomic mass is 19.1. The number of amides is 2. The second-order valence-corrected chi connectivity index (χ2v) is 6.81. The molecule has 0 aliphatic rings. The molecule has 9 heteroatoms. The molecule has 0 aliphatic heterocycles. The molecule has 2 heterocycles. The minimum absolute atomic E-state index is 0.363. The lowest BCUT2D eigenvalue weighted by Gasteiger charge is -2.11. The molecule has 4 N–H and O–H groups in total. The van der Waals surface area contributed by atoms with Crippen molar-refractivity contribution in [3.05, 3.63) is 90.6 Å². The minimum atomic E-state index is -0.422. The smallest absolute Gasteiger partial charge is 0.323 e. The number of carbonyl (C=O) groups excluding carboxylic acids is 1. The number of benzene rings is 2. The summed E-state index contributed by atoms with van der Waals surface area (Å²) in [5.41, 5.74) is 1.89. The van der Waals surface area contributed by atoms with Gasteiger partial charge in [-0.2, -0.15) is 0 Å². The van der Waals surface area contributed by atoms with E-state index < -0.39 is 6.03 Å². The molecule has 4 rings (SSSR count). The van der Waals surface area contributed by atoms with Crippen molar-refractivity contribution in [2.45, 2.75) is 6.92 Å². The lowest BCUT2D eigenvalue weighted by atomic mass is 10.2. The van der Waals surface area contributed by atoms with Gasteiger partial charge in [-0.3, -0.25) is 0 Å². The number of pyridine rings is 1. The first-order valence-corrected chi connectivity index (χ1v) is 9.78. The molecular formula is C23H20FN7O. The van der Waals surface area contributed by atoms with E-state index in [9.17, 15) is 9.18 Å². The Kier molecular flexibility index (Phi) is 6.17. The maximum absolute atomic E-state index is 13.0. The van der Waals surface area contributed by atoms with Crippen molar-refractivity contribution in [2.75, 3.05) is 21.3 Å². The van der Waals surface area contributed by atoms with Crippen LogP contribution in [0.1, 0.15) is 5.82 Å². The highest BCUT2D eigenvalue weighted by Gasteiger charge is 2.06. The number of carbonyl (C=O) groups is 1. The number of hydrogen-bond acceptors (Lipinski definition) is 6. The fourth-order valence-electron chi connectivity index (χ4n) is 2.88. The molecule has 0 aliphatic carbocycles. The molecule has 2 aromatic carbocycles. The third-order valence-corrected chi connectivity index (χ3v) is 4.28. The molecule has 0 saturated heterocycles. The molecule has 2 aromatic heterocycles. The summed E-state index contributed by atoms with van der Waals surface area (Å²) in [7, 11) is 0. The fraction of sp³-hybridized carbons (Fsp3) is 0.0435. The van der Waals surface area contributed by atoms with Crippen LogP contribution < -0.4 is 21.3 Å². The Hall–Kier alpha value is -4.53. The summed E-state index contributed by atoms with van der Waals surface area (Å²) >= 11 is 0. The molecule has 0 spiro atoms. The van der Waals surface area contributed by atoms with Gasteiger partial charge < -0.3 is 21.3 Å². The van der Waals surface area contributed by atoms with Crippen LogP contribution in [0.15, 0.2) is 79.0 Å². The molecule has 32 heavy (non-hydrogen) atoms. The predicted octanol–water partition coefficient (Wildman–Crippen LogP) is 5.45. The quantitative estimate of drug-likeness (QED) is 0.325. The predicted molar refractivity (Wildman–Crippen MR) is 123 cm³/mol. The number of hydrogen-bond donors (Lipinski definition) is 4. The lowest BCUT2D eigenvalue weighted by Crippen LogP contribution is -2.19. The maximum Gasteiger partial charge on any atom is 0.323 e. The van der Waals surface area contributed by atoms with Crippen molar-refractivity contribution < 1.29 is 9.18 Å². The van der Waals surface area contributed by atoms with Crippen LogP contribution in [-0.4, -0.2) is 21.0 Å². The van der Waals surface area contributed by atoms with Gasteiger partial charge in [-0.1, -0.05) is 6.07 Å². The van der Waals surface area contributed by atoms with Gasteiger partial charge in [0.05, 0.1) is 0 Å². The molecule has 4 aromatic rings. The van der Waals surface area contributed by atoms with Gasteiger partial charge in [0.2, 0.25) is 0 Å². The van der Waals surface area contributed by atoms with Crippen molar-refractivity contribution in [3.8, 4) is 0 Å².